The quantitative estimate of drug-likeness (QED) is 0.454. The molecule has 1 aliphatic rings. The predicted octanol–water partition coefficient (Wildman–Crippen LogP) is 5.76. The number of aromatic nitrogens is 2. The zero-order valence-corrected chi connectivity index (χ0v) is 17.5. The van der Waals surface area contributed by atoms with E-state index in [9.17, 15) is 4.79 Å². The molecule has 1 aliphatic carbocycles. The van der Waals surface area contributed by atoms with Crippen molar-refractivity contribution in [3.63, 3.8) is 0 Å². The second kappa shape index (κ2) is 8.26. The van der Waals surface area contributed by atoms with Crippen molar-refractivity contribution in [1.82, 2.24) is 9.55 Å². The minimum atomic E-state index is -0.0962. The third-order valence-corrected chi connectivity index (χ3v) is 5.72. The first-order chi connectivity index (χ1) is 15.2. The summed E-state index contributed by atoms with van der Waals surface area (Å²) in [6.07, 6.45) is 4.57. The van der Waals surface area contributed by atoms with E-state index >= 15 is 0 Å². The molecule has 0 saturated heterocycles. The first-order valence-electron chi connectivity index (χ1n) is 10.8. The summed E-state index contributed by atoms with van der Waals surface area (Å²) in [5.74, 6) is 1.30. The van der Waals surface area contributed by atoms with Crippen molar-refractivity contribution in [2.45, 2.75) is 38.7 Å². The summed E-state index contributed by atoms with van der Waals surface area (Å²) in [5, 5.41) is 3.93. The summed E-state index contributed by atoms with van der Waals surface area (Å²) < 4.78 is 8.32. The maximum Gasteiger partial charge on any atom is 0.196 e. The van der Waals surface area contributed by atoms with Gasteiger partial charge in [-0.3, -0.25) is 9.36 Å². The van der Waals surface area contributed by atoms with Gasteiger partial charge in [0.05, 0.1) is 6.10 Å². The third kappa shape index (κ3) is 3.91. The van der Waals surface area contributed by atoms with Crippen LogP contribution in [0.1, 0.15) is 31.4 Å². The van der Waals surface area contributed by atoms with E-state index in [0.717, 1.165) is 29.9 Å². The molecule has 1 fully saturated rings. The molecule has 31 heavy (non-hydrogen) atoms. The maximum absolute atomic E-state index is 13.3. The normalized spacial score (nSPS) is 14.1. The molecule has 0 unspecified atom stereocenters. The molecule has 4 aromatic rings. The third-order valence-electron chi connectivity index (χ3n) is 5.72. The van der Waals surface area contributed by atoms with Gasteiger partial charge in [-0.1, -0.05) is 36.4 Å². The number of para-hydroxylation sites is 2. The molecule has 0 spiro atoms. The lowest BCUT2D eigenvalue weighted by molar-refractivity contribution is 0.212. The summed E-state index contributed by atoms with van der Waals surface area (Å²) >= 11 is 0. The smallest absolute Gasteiger partial charge is 0.196 e. The number of benzene rings is 2. The van der Waals surface area contributed by atoms with Gasteiger partial charge in [0.15, 0.2) is 11.1 Å². The van der Waals surface area contributed by atoms with Crippen LogP contribution < -0.4 is 15.5 Å². The molecule has 2 aromatic carbocycles. The SMILES string of the molecule is Cc1cc(OC2CCCC2)c2c(=O)cc(Nc3ccccc3)n(-c3ccccc3)c2n1. The van der Waals surface area contributed by atoms with Crippen LogP contribution in [-0.4, -0.2) is 15.7 Å². The molecule has 1 saturated carbocycles. The minimum Gasteiger partial charge on any atom is -0.489 e. The summed E-state index contributed by atoms with van der Waals surface area (Å²) in [4.78, 5) is 18.1. The number of anilines is 2. The summed E-state index contributed by atoms with van der Waals surface area (Å²) in [7, 11) is 0. The van der Waals surface area contributed by atoms with Crippen LogP contribution in [0.3, 0.4) is 0 Å². The van der Waals surface area contributed by atoms with Gasteiger partial charge in [0, 0.05) is 29.2 Å². The molecule has 1 N–H and O–H groups in total. The highest BCUT2D eigenvalue weighted by Crippen LogP contribution is 2.32. The standard InChI is InChI=1S/C26H25N3O2/c1-18-16-23(31-21-14-8-9-15-21)25-22(30)17-24(28-19-10-4-2-5-11-19)29(26(25)27-18)20-12-6-3-7-13-20/h2-7,10-13,16-17,21,28H,8-9,14-15H2,1H3. The Morgan fingerprint density at radius 2 is 1.65 bits per heavy atom. The van der Waals surface area contributed by atoms with E-state index in [1.54, 1.807) is 6.07 Å². The van der Waals surface area contributed by atoms with Crippen LogP contribution in [0.15, 0.2) is 77.6 Å². The van der Waals surface area contributed by atoms with Crippen molar-refractivity contribution in [3.8, 4) is 11.4 Å². The van der Waals surface area contributed by atoms with Crippen molar-refractivity contribution in [1.29, 1.82) is 0 Å². The van der Waals surface area contributed by atoms with E-state index in [1.165, 1.54) is 12.8 Å². The topological polar surface area (TPSA) is 56.1 Å². The van der Waals surface area contributed by atoms with E-state index in [1.807, 2.05) is 78.2 Å². The van der Waals surface area contributed by atoms with Gasteiger partial charge < -0.3 is 10.1 Å². The van der Waals surface area contributed by atoms with Crippen LogP contribution in [0.25, 0.3) is 16.7 Å². The summed E-state index contributed by atoms with van der Waals surface area (Å²) in [6.45, 7) is 1.94. The van der Waals surface area contributed by atoms with Crippen LogP contribution in [-0.2, 0) is 0 Å². The van der Waals surface area contributed by atoms with Crippen LogP contribution >= 0.6 is 0 Å². The molecule has 0 amide bonds. The van der Waals surface area contributed by atoms with Gasteiger partial charge in [0.2, 0.25) is 0 Å². The zero-order chi connectivity index (χ0) is 21.2. The number of hydrogen-bond donors (Lipinski definition) is 1. The van der Waals surface area contributed by atoms with E-state index in [0.29, 0.717) is 22.6 Å². The average Bonchev–Trinajstić information content (AvgIpc) is 3.28. The number of nitrogens with one attached hydrogen (secondary N) is 1. The van der Waals surface area contributed by atoms with Crippen LogP contribution in [0.2, 0.25) is 0 Å². The Labute approximate surface area is 181 Å². The lowest BCUT2D eigenvalue weighted by Gasteiger charge is -2.20. The van der Waals surface area contributed by atoms with Gasteiger partial charge in [-0.05, 0) is 56.9 Å². The molecule has 0 aliphatic heterocycles. The van der Waals surface area contributed by atoms with Crippen LogP contribution in [0.4, 0.5) is 11.5 Å². The minimum absolute atomic E-state index is 0.0962. The molecule has 5 heteroatoms. The largest absolute Gasteiger partial charge is 0.489 e. The molecule has 2 aromatic heterocycles. The molecule has 0 atom stereocenters. The Morgan fingerprint density at radius 3 is 2.35 bits per heavy atom. The van der Waals surface area contributed by atoms with Gasteiger partial charge in [0.1, 0.15) is 17.0 Å². The molecule has 5 rings (SSSR count). The van der Waals surface area contributed by atoms with Crippen LogP contribution in [0, 0.1) is 6.92 Å². The number of aryl methyl sites for hydroxylation is 1. The van der Waals surface area contributed by atoms with E-state index in [-0.39, 0.29) is 11.5 Å². The summed E-state index contributed by atoms with van der Waals surface area (Å²) in [5.41, 5.74) is 3.16. The van der Waals surface area contributed by atoms with Gasteiger partial charge in [-0.15, -0.1) is 0 Å². The fourth-order valence-electron chi connectivity index (χ4n) is 4.27. The second-order valence-electron chi connectivity index (χ2n) is 8.04. The average molecular weight is 412 g/mol. The number of nitrogens with zero attached hydrogens (tertiary/aromatic N) is 2. The van der Waals surface area contributed by atoms with Crippen molar-refractivity contribution < 1.29 is 4.74 Å². The highest BCUT2D eigenvalue weighted by Gasteiger charge is 2.21. The molecule has 156 valence electrons. The van der Waals surface area contributed by atoms with Crippen molar-refractivity contribution in [2.75, 3.05) is 5.32 Å². The Balaban J connectivity index is 1.75. The van der Waals surface area contributed by atoms with Gasteiger partial charge in [-0.2, -0.15) is 0 Å². The Bertz CT molecular complexity index is 1260. The fraction of sp³-hybridized carbons (Fsp3) is 0.231. The van der Waals surface area contributed by atoms with Crippen molar-refractivity contribution in [3.05, 3.63) is 88.7 Å². The lowest BCUT2D eigenvalue weighted by Crippen LogP contribution is -2.17. The molecule has 0 bridgehead atoms. The van der Waals surface area contributed by atoms with Crippen molar-refractivity contribution in [2.24, 2.45) is 0 Å². The number of hydrogen-bond acceptors (Lipinski definition) is 4. The maximum atomic E-state index is 13.3. The summed E-state index contributed by atoms with van der Waals surface area (Å²) in [6, 6.07) is 23.3. The monoisotopic (exact) mass is 411 g/mol. The Morgan fingerprint density at radius 1 is 0.968 bits per heavy atom. The molecule has 5 nitrogen and oxygen atoms in total. The first kappa shape index (κ1) is 19.4. The fourth-order valence-corrected chi connectivity index (χ4v) is 4.27. The highest BCUT2D eigenvalue weighted by atomic mass is 16.5. The van der Waals surface area contributed by atoms with Crippen LogP contribution in [0.5, 0.6) is 5.75 Å². The van der Waals surface area contributed by atoms with E-state index < -0.39 is 0 Å². The van der Waals surface area contributed by atoms with Gasteiger partial charge in [-0.25, -0.2) is 4.98 Å². The lowest BCUT2D eigenvalue weighted by atomic mass is 10.2. The molecule has 0 radical (unpaired) electrons. The second-order valence-corrected chi connectivity index (χ2v) is 8.04. The van der Waals surface area contributed by atoms with E-state index in [4.69, 9.17) is 9.72 Å². The Kier molecular flexibility index (Phi) is 5.16. The number of fused-ring (bicyclic) bond motifs is 1. The zero-order valence-electron chi connectivity index (χ0n) is 17.5. The molecular weight excluding hydrogens is 386 g/mol. The van der Waals surface area contributed by atoms with Gasteiger partial charge in [0.25, 0.3) is 0 Å². The first-order valence-corrected chi connectivity index (χ1v) is 10.8. The number of rotatable bonds is 5. The predicted molar refractivity (Wildman–Crippen MR) is 125 cm³/mol. The highest BCUT2D eigenvalue weighted by molar-refractivity contribution is 5.86. The number of pyridine rings is 2. The van der Waals surface area contributed by atoms with Crippen molar-refractivity contribution >= 4 is 22.5 Å². The molecular formula is C26H25N3O2. The molecule has 2 heterocycles. The van der Waals surface area contributed by atoms with E-state index in [2.05, 4.69) is 5.32 Å². The Hall–Kier alpha value is -3.60. The number of ether oxygens (including phenoxy) is 1. The van der Waals surface area contributed by atoms with Gasteiger partial charge >= 0.3 is 0 Å².